The van der Waals surface area contributed by atoms with Gasteiger partial charge in [0.2, 0.25) is 0 Å². The minimum absolute atomic E-state index is 0.502. The smallest absolute Gasteiger partial charge is 0.131 e. The van der Waals surface area contributed by atoms with Crippen molar-refractivity contribution < 1.29 is 0 Å². The third-order valence-corrected chi connectivity index (χ3v) is 4.45. The molecular weight excluding hydrogens is 260 g/mol. The highest BCUT2D eigenvalue weighted by molar-refractivity contribution is 5.65. The first-order valence-electron chi connectivity index (χ1n) is 7.90. The molecule has 21 heavy (non-hydrogen) atoms. The third-order valence-electron chi connectivity index (χ3n) is 4.45. The van der Waals surface area contributed by atoms with Crippen LogP contribution in [0.15, 0.2) is 30.7 Å². The molecule has 2 aromatic rings. The molecule has 1 atom stereocenters. The van der Waals surface area contributed by atoms with Crippen LogP contribution in [0.3, 0.4) is 0 Å². The van der Waals surface area contributed by atoms with E-state index in [0.717, 1.165) is 18.9 Å². The maximum Gasteiger partial charge on any atom is 0.131 e. The molecule has 2 fully saturated rings. The number of piperidine rings is 1. The average molecular weight is 280 g/mol. The number of nitrogens with one attached hydrogen (secondary N) is 1. The highest BCUT2D eigenvalue weighted by Crippen LogP contribution is 2.40. The standard InChI is InChI=1S/C17H20N4/c1-2-14(10-19-7-1)16-15(12-5-8-18-9-6-12)11-20-17(21-16)13-3-4-13/h5-6,8-9,11,13-14,19H,1-4,7,10H2. The monoisotopic (exact) mass is 280 g/mol. The molecule has 1 N–H and O–H groups in total. The van der Waals surface area contributed by atoms with Gasteiger partial charge in [-0.15, -0.1) is 0 Å². The maximum atomic E-state index is 4.96. The maximum absolute atomic E-state index is 4.96. The van der Waals surface area contributed by atoms with E-state index in [0.29, 0.717) is 11.8 Å². The quantitative estimate of drug-likeness (QED) is 0.939. The molecule has 1 saturated carbocycles. The molecule has 1 aliphatic heterocycles. The van der Waals surface area contributed by atoms with Gasteiger partial charge in [0.05, 0.1) is 5.69 Å². The molecule has 2 aromatic heterocycles. The second-order valence-corrected chi connectivity index (χ2v) is 6.08. The summed E-state index contributed by atoms with van der Waals surface area (Å²) in [6.45, 7) is 2.15. The number of aromatic nitrogens is 3. The molecule has 4 rings (SSSR count). The minimum Gasteiger partial charge on any atom is -0.316 e. The Kier molecular flexibility index (Phi) is 3.39. The first kappa shape index (κ1) is 12.9. The lowest BCUT2D eigenvalue weighted by Gasteiger charge is -2.24. The highest BCUT2D eigenvalue weighted by atomic mass is 14.9. The summed E-state index contributed by atoms with van der Waals surface area (Å²) < 4.78 is 0. The van der Waals surface area contributed by atoms with E-state index in [1.54, 1.807) is 0 Å². The zero-order chi connectivity index (χ0) is 14.1. The second-order valence-electron chi connectivity index (χ2n) is 6.08. The van der Waals surface area contributed by atoms with Crippen LogP contribution in [0, 0.1) is 0 Å². The van der Waals surface area contributed by atoms with E-state index >= 15 is 0 Å². The Labute approximate surface area is 125 Å². The predicted octanol–water partition coefficient (Wildman–Crippen LogP) is 2.88. The highest BCUT2D eigenvalue weighted by Gasteiger charge is 2.29. The van der Waals surface area contributed by atoms with Crippen LogP contribution in [0.4, 0.5) is 0 Å². The van der Waals surface area contributed by atoms with Gasteiger partial charge in [-0.2, -0.15) is 0 Å². The van der Waals surface area contributed by atoms with Crippen molar-refractivity contribution in [2.75, 3.05) is 13.1 Å². The molecular formula is C17H20N4. The van der Waals surface area contributed by atoms with Crippen LogP contribution >= 0.6 is 0 Å². The molecule has 1 saturated heterocycles. The molecule has 4 heteroatoms. The van der Waals surface area contributed by atoms with Crippen molar-refractivity contribution in [3.63, 3.8) is 0 Å². The van der Waals surface area contributed by atoms with Crippen LogP contribution in [0.5, 0.6) is 0 Å². The van der Waals surface area contributed by atoms with Crippen molar-refractivity contribution in [1.29, 1.82) is 0 Å². The number of hydrogen-bond acceptors (Lipinski definition) is 4. The topological polar surface area (TPSA) is 50.7 Å². The van der Waals surface area contributed by atoms with Gasteiger partial charge >= 0.3 is 0 Å². The Morgan fingerprint density at radius 1 is 1.05 bits per heavy atom. The van der Waals surface area contributed by atoms with Crippen molar-refractivity contribution in [2.45, 2.75) is 37.5 Å². The lowest BCUT2D eigenvalue weighted by Crippen LogP contribution is -2.29. The van der Waals surface area contributed by atoms with Gasteiger partial charge in [0, 0.05) is 42.5 Å². The normalized spacial score (nSPS) is 22.2. The van der Waals surface area contributed by atoms with Crippen molar-refractivity contribution in [3.05, 3.63) is 42.2 Å². The fraction of sp³-hybridized carbons (Fsp3) is 0.471. The summed E-state index contributed by atoms with van der Waals surface area (Å²) in [4.78, 5) is 13.7. The molecule has 0 radical (unpaired) electrons. The summed E-state index contributed by atoms with van der Waals surface area (Å²) in [7, 11) is 0. The lowest BCUT2D eigenvalue weighted by atomic mass is 9.91. The Hall–Kier alpha value is -1.81. The van der Waals surface area contributed by atoms with Gasteiger partial charge in [0.25, 0.3) is 0 Å². The number of rotatable bonds is 3. The summed E-state index contributed by atoms with van der Waals surface area (Å²) in [5, 5.41) is 3.50. The van der Waals surface area contributed by atoms with Gasteiger partial charge < -0.3 is 5.32 Å². The minimum atomic E-state index is 0.502. The van der Waals surface area contributed by atoms with E-state index in [9.17, 15) is 0 Å². The summed E-state index contributed by atoms with van der Waals surface area (Å²) in [6, 6.07) is 4.10. The van der Waals surface area contributed by atoms with Gasteiger partial charge in [0.1, 0.15) is 5.82 Å². The van der Waals surface area contributed by atoms with E-state index in [1.165, 1.54) is 42.5 Å². The Bertz CT molecular complexity index is 616. The van der Waals surface area contributed by atoms with Crippen LogP contribution in [0.25, 0.3) is 11.1 Å². The Morgan fingerprint density at radius 3 is 2.62 bits per heavy atom. The Morgan fingerprint density at radius 2 is 1.90 bits per heavy atom. The van der Waals surface area contributed by atoms with Crippen molar-refractivity contribution in [2.24, 2.45) is 0 Å². The van der Waals surface area contributed by atoms with E-state index in [4.69, 9.17) is 4.98 Å². The first-order valence-corrected chi connectivity index (χ1v) is 7.90. The van der Waals surface area contributed by atoms with Crippen LogP contribution in [0.2, 0.25) is 0 Å². The molecule has 4 nitrogen and oxygen atoms in total. The van der Waals surface area contributed by atoms with Crippen molar-refractivity contribution in [1.82, 2.24) is 20.3 Å². The van der Waals surface area contributed by atoms with E-state index < -0.39 is 0 Å². The largest absolute Gasteiger partial charge is 0.316 e. The molecule has 1 unspecified atom stereocenters. The van der Waals surface area contributed by atoms with Gasteiger partial charge in [-0.3, -0.25) is 4.98 Å². The molecule has 108 valence electrons. The van der Waals surface area contributed by atoms with Crippen LogP contribution in [-0.4, -0.2) is 28.0 Å². The summed E-state index contributed by atoms with van der Waals surface area (Å²) >= 11 is 0. The summed E-state index contributed by atoms with van der Waals surface area (Å²) in [5.74, 6) is 2.16. The SMILES string of the molecule is c1cc(-c2cnc(C3CC3)nc2C2CCCNC2)ccn1. The zero-order valence-electron chi connectivity index (χ0n) is 12.1. The van der Waals surface area contributed by atoms with Crippen molar-refractivity contribution in [3.8, 4) is 11.1 Å². The molecule has 1 aliphatic carbocycles. The second kappa shape index (κ2) is 5.53. The fourth-order valence-electron chi connectivity index (χ4n) is 3.10. The van der Waals surface area contributed by atoms with Gasteiger partial charge in [-0.25, -0.2) is 9.97 Å². The van der Waals surface area contributed by atoms with Gasteiger partial charge in [0.15, 0.2) is 0 Å². The van der Waals surface area contributed by atoms with Crippen LogP contribution in [0.1, 0.15) is 49.0 Å². The number of nitrogens with zero attached hydrogens (tertiary/aromatic N) is 3. The first-order chi connectivity index (χ1) is 10.4. The van der Waals surface area contributed by atoms with E-state index in [-0.39, 0.29) is 0 Å². The predicted molar refractivity (Wildman–Crippen MR) is 82.1 cm³/mol. The van der Waals surface area contributed by atoms with Crippen molar-refractivity contribution >= 4 is 0 Å². The molecule has 3 heterocycles. The molecule has 0 bridgehead atoms. The summed E-state index contributed by atoms with van der Waals surface area (Å²) in [5.41, 5.74) is 3.58. The number of hydrogen-bond donors (Lipinski definition) is 1. The molecule has 0 amide bonds. The number of pyridine rings is 1. The average Bonchev–Trinajstić information content (AvgIpc) is 3.41. The van der Waals surface area contributed by atoms with E-state index in [2.05, 4.69) is 27.4 Å². The van der Waals surface area contributed by atoms with Gasteiger partial charge in [-0.05, 0) is 49.9 Å². The zero-order valence-corrected chi connectivity index (χ0v) is 12.1. The summed E-state index contributed by atoms with van der Waals surface area (Å²) in [6.07, 6.45) is 10.6. The molecule has 2 aliphatic rings. The van der Waals surface area contributed by atoms with Crippen LogP contribution in [-0.2, 0) is 0 Å². The molecule has 0 spiro atoms. The van der Waals surface area contributed by atoms with Gasteiger partial charge in [-0.1, -0.05) is 0 Å². The third kappa shape index (κ3) is 2.68. The fourth-order valence-corrected chi connectivity index (χ4v) is 3.10. The molecule has 0 aromatic carbocycles. The van der Waals surface area contributed by atoms with Crippen LogP contribution < -0.4 is 5.32 Å². The van der Waals surface area contributed by atoms with E-state index in [1.807, 2.05) is 18.6 Å². The lowest BCUT2D eigenvalue weighted by molar-refractivity contribution is 0.454. The Balaban J connectivity index is 1.77.